The molecule has 20 heavy (non-hydrogen) atoms. The Morgan fingerprint density at radius 1 is 1.40 bits per heavy atom. The zero-order valence-corrected chi connectivity index (χ0v) is 12.4. The van der Waals surface area contributed by atoms with E-state index in [9.17, 15) is 0 Å². The first-order valence-electron chi connectivity index (χ1n) is 6.99. The Labute approximate surface area is 123 Å². The van der Waals surface area contributed by atoms with Crippen LogP contribution in [-0.2, 0) is 17.2 Å². The summed E-state index contributed by atoms with van der Waals surface area (Å²) in [5.74, 6) is 2.83. The Hall–Kier alpha value is -1.26. The van der Waals surface area contributed by atoms with Crippen LogP contribution in [0.4, 0.5) is 0 Å². The van der Waals surface area contributed by atoms with Crippen LogP contribution in [0.2, 0.25) is 0 Å². The Bertz CT molecular complexity index is 593. The topological polar surface area (TPSA) is 36.3 Å². The molecule has 1 aliphatic rings. The standard InChI is InChI=1S/C15H19ClN2O2/c1-19-13-4-2-3-12-15(13)17-14(9-16)18(12)7-8-20-10-11-5-6-11/h2-4,11H,5-10H2,1H3. The van der Waals surface area contributed by atoms with Crippen molar-refractivity contribution in [3.63, 3.8) is 0 Å². The smallest absolute Gasteiger partial charge is 0.146 e. The lowest BCUT2D eigenvalue weighted by molar-refractivity contribution is 0.117. The predicted molar refractivity (Wildman–Crippen MR) is 79.4 cm³/mol. The summed E-state index contributed by atoms with van der Waals surface area (Å²) in [4.78, 5) is 4.58. The van der Waals surface area contributed by atoms with Crippen LogP contribution in [0.3, 0.4) is 0 Å². The number of para-hydroxylation sites is 1. The summed E-state index contributed by atoms with van der Waals surface area (Å²) in [5.41, 5.74) is 1.92. The molecule has 0 saturated heterocycles. The molecule has 4 nitrogen and oxygen atoms in total. The quantitative estimate of drug-likeness (QED) is 0.581. The third-order valence-electron chi connectivity index (χ3n) is 3.67. The van der Waals surface area contributed by atoms with Gasteiger partial charge in [-0.05, 0) is 30.9 Å². The highest BCUT2D eigenvalue weighted by Crippen LogP contribution is 2.29. The molecule has 0 amide bonds. The highest BCUT2D eigenvalue weighted by Gasteiger charge is 2.21. The second-order valence-electron chi connectivity index (χ2n) is 5.16. The zero-order chi connectivity index (χ0) is 13.9. The number of hydrogen-bond acceptors (Lipinski definition) is 3. The lowest BCUT2D eigenvalue weighted by Gasteiger charge is -2.08. The van der Waals surface area contributed by atoms with Crippen LogP contribution in [0.5, 0.6) is 5.75 Å². The van der Waals surface area contributed by atoms with Crippen molar-refractivity contribution in [2.75, 3.05) is 20.3 Å². The molecule has 1 heterocycles. The van der Waals surface area contributed by atoms with Crippen molar-refractivity contribution in [2.24, 2.45) is 5.92 Å². The molecular weight excluding hydrogens is 276 g/mol. The van der Waals surface area contributed by atoms with E-state index < -0.39 is 0 Å². The monoisotopic (exact) mass is 294 g/mol. The summed E-state index contributed by atoms with van der Waals surface area (Å²) < 4.78 is 13.2. The fourth-order valence-corrected chi connectivity index (χ4v) is 2.58. The van der Waals surface area contributed by atoms with E-state index in [0.29, 0.717) is 12.5 Å². The molecule has 1 saturated carbocycles. The van der Waals surface area contributed by atoms with Gasteiger partial charge in [0.05, 0.1) is 25.1 Å². The van der Waals surface area contributed by atoms with E-state index >= 15 is 0 Å². The van der Waals surface area contributed by atoms with Crippen LogP contribution >= 0.6 is 11.6 Å². The third kappa shape index (κ3) is 2.76. The van der Waals surface area contributed by atoms with Gasteiger partial charge in [0.25, 0.3) is 0 Å². The van der Waals surface area contributed by atoms with Crippen LogP contribution in [0.15, 0.2) is 18.2 Å². The average molecular weight is 295 g/mol. The fraction of sp³-hybridized carbons (Fsp3) is 0.533. The van der Waals surface area contributed by atoms with Gasteiger partial charge in [-0.15, -0.1) is 11.6 Å². The van der Waals surface area contributed by atoms with Crippen molar-refractivity contribution in [3.05, 3.63) is 24.0 Å². The van der Waals surface area contributed by atoms with E-state index in [1.165, 1.54) is 12.8 Å². The molecule has 5 heteroatoms. The van der Waals surface area contributed by atoms with Crippen molar-refractivity contribution >= 4 is 22.6 Å². The van der Waals surface area contributed by atoms with Crippen LogP contribution in [0.1, 0.15) is 18.7 Å². The van der Waals surface area contributed by atoms with Crippen molar-refractivity contribution in [1.29, 1.82) is 0 Å². The molecular formula is C15H19ClN2O2. The molecule has 0 spiro atoms. The second kappa shape index (κ2) is 6.02. The number of ether oxygens (including phenoxy) is 2. The molecule has 1 aromatic carbocycles. The van der Waals surface area contributed by atoms with E-state index in [4.69, 9.17) is 21.1 Å². The van der Waals surface area contributed by atoms with Crippen molar-refractivity contribution in [2.45, 2.75) is 25.3 Å². The van der Waals surface area contributed by atoms with E-state index in [0.717, 1.165) is 41.7 Å². The number of benzene rings is 1. The number of rotatable bonds is 7. The fourth-order valence-electron chi connectivity index (χ4n) is 2.38. The van der Waals surface area contributed by atoms with Gasteiger partial charge in [0.2, 0.25) is 0 Å². The average Bonchev–Trinajstić information content (AvgIpc) is 3.23. The number of nitrogens with zero attached hydrogens (tertiary/aromatic N) is 2. The SMILES string of the molecule is COc1cccc2c1nc(CCl)n2CCOCC1CC1. The number of methoxy groups -OCH3 is 1. The van der Waals surface area contributed by atoms with Crippen molar-refractivity contribution in [3.8, 4) is 5.75 Å². The number of fused-ring (bicyclic) bond motifs is 1. The van der Waals surface area contributed by atoms with E-state index in [2.05, 4.69) is 9.55 Å². The van der Waals surface area contributed by atoms with E-state index in [1.807, 2.05) is 18.2 Å². The predicted octanol–water partition coefficient (Wildman–Crippen LogP) is 3.21. The molecule has 0 unspecified atom stereocenters. The highest BCUT2D eigenvalue weighted by molar-refractivity contribution is 6.16. The Kier molecular flexibility index (Phi) is 4.13. The molecule has 1 aliphatic carbocycles. The van der Waals surface area contributed by atoms with Gasteiger partial charge in [0.1, 0.15) is 17.1 Å². The number of imidazole rings is 1. The second-order valence-corrected chi connectivity index (χ2v) is 5.43. The summed E-state index contributed by atoms with van der Waals surface area (Å²) in [6, 6.07) is 5.94. The maximum absolute atomic E-state index is 6.01. The van der Waals surface area contributed by atoms with E-state index in [1.54, 1.807) is 7.11 Å². The van der Waals surface area contributed by atoms with Gasteiger partial charge in [0.15, 0.2) is 0 Å². The van der Waals surface area contributed by atoms with Crippen LogP contribution in [0.25, 0.3) is 11.0 Å². The van der Waals surface area contributed by atoms with Gasteiger partial charge in [-0.3, -0.25) is 0 Å². The molecule has 108 valence electrons. The van der Waals surface area contributed by atoms with Gasteiger partial charge in [-0.2, -0.15) is 0 Å². The summed E-state index contributed by atoms with van der Waals surface area (Å²) in [6.45, 7) is 2.35. The van der Waals surface area contributed by atoms with Crippen molar-refractivity contribution < 1.29 is 9.47 Å². The maximum Gasteiger partial charge on any atom is 0.146 e. The lowest BCUT2D eigenvalue weighted by Crippen LogP contribution is -2.09. The molecule has 1 fully saturated rings. The van der Waals surface area contributed by atoms with Gasteiger partial charge >= 0.3 is 0 Å². The first-order valence-corrected chi connectivity index (χ1v) is 7.52. The Balaban J connectivity index is 1.79. The number of halogens is 1. The molecule has 0 atom stereocenters. The summed E-state index contributed by atoms with van der Waals surface area (Å²) in [5, 5.41) is 0. The molecule has 0 radical (unpaired) electrons. The lowest BCUT2D eigenvalue weighted by atomic mass is 10.3. The molecule has 3 rings (SSSR count). The normalized spacial score (nSPS) is 14.9. The minimum Gasteiger partial charge on any atom is -0.494 e. The Morgan fingerprint density at radius 2 is 2.25 bits per heavy atom. The maximum atomic E-state index is 6.01. The number of aromatic nitrogens is 2. The first-order chi connectivity index (χ1) is 9.83. The molecule has 2 aromatic rings. The molecule has 0 bridgehead atoms. The van der Waals surface area contributed by atoms with Gasteiger partial charge in [-0.1, -0.05) is 6.07 Å². The van der Waals surface area contributed by atoms with Crippen LogP contribution < -0.4 is 4.74 Å². The summed E-state index contributed by atoms with van der Waals surface area (Å²) in [6.07, 6.45) is 2.64. The third-order valence-corrected chi connectivity index (χ3v) is 3.91. The number of alkyl halides is 1. The van der Waals surface area contributed by atoms with Crippen molar-refractivity contribution in [1.82, 2.24) is 9.55 Å². The van der Waals surface area contributed by atoms with Crippen LogP contribution in [0, 0.1) is 5.92 Å². The van der Waals surface area contributed by atoms with Gasteiger partial charge in [0, 0.05) is 13.2 Å². The first kappa shape index (κ1) is 13.7. The Morgan fingerprint density at radius 3 is 2.95 bits per heavy atom. The molecule has 1 aromatic heterocycles. The largest absolute Gasteiger partial charge is 0.494 e. The molecule has 0 aliphatic heterocycles. The minimum atomic E-state index is 0.389. The zero-order valence-electron chi connectivity index (χ0n) is 11.6. The molecule has 0 N–H and O–H groups in total. The van der Waals surface area contributed by atoms with Gasteiger partial charge in [-0.25, -0.2) is 4.98 Å². The van der Waals surface area contributed by atoms with Crippen LogP contribution in [-0.4, -0.2) is 29.9 Å². The summed E-state index contributed by atoms with van der Waals surface area (Å²) >= 11 is 6.01. The summed E-state index contributed by atoms with van der Waals surface area (Å²) in [7, 11) is 1.66. The van der Waals surface area contributed by atoms with Gasteiger partial charge < -0.3 is 14.0 Å². The minimum absolute atomic E-state index is 0.389. The number of hydrogen-bond donors (Lipinski definition) is 0. The highest BCUT2D eigenvalue weighted by atomic mass is 35.5. The van der Waals surface area contributed by atoms with E-state index in [-0.39, 0.29) is 0 Å².